The summed E-state index contributed by atoms with van der Waals surface area (Å²) in [5.41, 5.74) is 0. The first-order valence-electron chi connectivity index (χ1n) is 6.39. The third-order valence-electron chi connectivity index (χ3n) is 4.17. The monoisotopic (exact) mass is 262 g/mol. The summed E-state index contributed by atoms with van der Waals surface area (Å²) < 4.78 is 17.6. The van der Waals surface area contributed by atoms with Gasteiger partial charge in [-0.2, -0.15) is 0 Å². The Kier molecular flexibility index (Phi) is 5.16. The Bertz CT molecular complexity index is 238. The van der Waals surface area contributed by atoms with Crippen molar-refractivity contribution < 1.29 is 17.8 Å². The molecule has 0 aromatic heterocycles. The van der Waals surface area contributed by atoms with E-state index in [1.165, 1.54) is 19.5 Å². The number of hydrogen-bond donors (Lipinski definition) is 0. The maximum atomic E-state index is 5.54. The molecule has 1 aliphatic heterocycles. The minimum Gasteiger partial charge on any atom is -0.374 e. The second-order valence-electron chi connectivity index (χ2n) is 5.77. The van der Waals surface area contributed by atoms with Gasteiger partial charge in [0, 0.05) is 33.7 Å². The topological polar surface area (TPSA) is 27.7 Å². The van der Waals surface area contributed by atoms with Crippen LogP contribution in [0.2, 0.25) is 0 Å². The molecule has 2 atom stereocenters. The molecule has 1 saturated heterocycles. The molecule has 1 heterocycles. The third kappa shape index (κ3) is 3.51. The molecule has 0 aromatic carbocycles. The summed E-state index contributed by atoms with van der Waals surface area (Å²) in [6.45, 7) is 7.04. The van der Waals surface area contributed by atoms with E-state index in [9.17, 15) is 0 Å². The van der Waals surface area contributed by atoms with Crippen LogP contribution in [-0.4, -0.2) is 60.9 Å². The lowest BCUT2D eigenvalue weighted by atomic mass is 9.95. The largest absolute Gasteiger partial charge is 0.558 e. The van der Waals surface area contributed by atoms with Crippen LogP contribution >= 0.6 is 0 Å². The van der Waals surface area contributed by atoms with E-state index in [0.717, 1.165) is 22.5 Å². The molecule has 1 fully saturated rings. The summed E-state index contributed by atoms with van der Waals surface area (Å²) in [5, 5.41) is 0. The first-order valence-corrected chi connectivity index (χ1v) is 8.32. The lowest BCUT2D eigenvalue weighted by Crippen LogP contribution is -2.60. The van der Waals surface area contributed by atoms with Crippen molar-refractivity contribution in [3.63, 3.8) is 0 Å². The highest BCUT2D eigenvalue weighted by molar-refractivity contribution is 6.60. The Morgan fingerprint density at radius 3 is 2.06 bits per heavy atom. The van der Waals surface area contributed by atoms with Gasteiger partial charge in [-0.1, -0.05) is 13.8 Å². The molecule has 0 bridgehead atoms. The Hall–Kier alpha value is 0.0569. The number of quaternary nitrogens is 1. The number of rotatable bonds is 6. The summed E-state index contributed by atoms with van der Waals surface area (Å²) in [7, 11) is 4.93. The van der Waals surface area contributed by atoms with Crippen molar-refractivity contribution in [1.29, 1.82) is 0 Å². The van der Waals surface area contributed by atoms with Crippen molar-refractivity contribution in [2.45, 2.75) is 20.3 Å². The molecule has 0 N–H and O–H groups in total. The zero-order chi connectivity index (χ0) is 13.1. The molecule has 2 unspecified atom stereocenters. The van der Waals surface area contributed by atoms with Crippen LogP contribution in [0.1, 0.15) is 20.3 Å². The van der Waals surface area contributed by atoms with Crippen molar-refractivity contribution in [2.75, 3.05) is 47.6 Å². The molecule has 0 saturated carbocycles. The second kappa shape index (κ2) is 5.80. The molecular weight excluding hydrogens is 234 g/mol. The van der Waals surface area contributed by atoms with Crippen molar-refractivity contribution in [3.8, 4) is 0 Å². The van der Waals surface area contributed by atoms with Crippen LogP contribution < -0.4 is 0 Å². The first-order chi connectivity index (χ1) is 7.90. The minimum atomic E-state index is -2.45. The van der Waals surface area contributed by atoms with Crippen LogP contribution in [0.5, 0.6) is 0 Å². The molecule has 4 nitrogen and oxygen atoms in total. The normalized spacial score (nSPS) is 30.2. The van der Waals surface area contributed by atoms with Crippen LogP contribution in [-0.2, 0) is 13.3 Å². The van der Waals surface area contributed by atoms with E-state index in [0.29, 0.717) is 0 Å². The zero-order valence-electron chi connectivity index (χ0n) is 12.2. The summed E-state index contributed by atoms with van der Waals surface area (Å²) in [6, 6.07) is 0. The van der Waals surface area contributed by atoms with Crippen LogP contribution in [0.15, 0.2) is 0 Å². The van der Waals surface area contributed by atoms with E-state index in [2.05, 4.69) is 20.9 Å². The van der Waals surface area contributed by atoms with Gasteiger partial charge in [-0.3, -0.25) is 0 Å². The van der Waals surface area contributed by atoms with Crippen LogP contribution in [0.25, 0.3) is 0 Å². The second-order valence-corrected chi connectivity index (χ2v) is 8.68. The zero-order valence-corrected chi connectivity index (χ0v) is 13.2. The van der Waals surface area contributed by atoms with Gasteiger partial charge in [0.25, 0.3) is 0 Å². The van der Waals surface area contributed by atoms with Crippen LogP contribution in [0, 0.1) is 11.8 Å². The van der Waals surface area contributed by atoms with E-state index in [-0.39, 0.29) is 0 Å². The Balaban J connectivity index is 2.67. The highest BCUT2D eigenvalue weighted by Gasteiger charge is 2.49. The molecular formula is C12H28NO3Si+. The molecule has 102 valence electrons. The smallest absolute Gasteiger partial charge is 0.374 e. The van der Waals surface area contributed by atoms with Gasteiger partial charge in [0.05, 0.1) is 20.1 Å². The van der Waals surface area contributed by atoms with Gasteiger partial charge in [-0.05, 0) is 5.92 Å². The average Bonchev–Trinajstić information content (AvgIpc) is 2.69. The molecule has 0 aliphatic carbocycles. The standard InChI is InChI=1S/C12H28NO3Si/c1-11(2)12-7-8-13(3,9-12)10-17(14-4,15-5)16-6/h11-12H,7-10H2,1-6H3/q+1. The lowest BCUT2D eigenvalue weighted by Gasteiger charge is -2.36. The first kappa shape index (κ1) is 15.1. The quantitative estimate of drug-likeness (QED) is 0.537. The number of nitrogens with zero attached hydrogens (tertiary/aromatic N) is 1. The molecule has 0 aromatic rings. The minimum absolute atomic E-state index is 0.763. The Labute approximate surface area is 107 Å². The summed E-state index contributed by atoms with van der Waals surface area (Å²) in [6.07, 6.45) is 2.18. The molecule has 0 spiro atoms. The molecule has 5 heteroatoms. The van der Waals surface area contributed by atoms with E-state index in [1.54, 1.807) is 21.3 Å². The van der Waals surface area contributed by atoms with Gasteiger partial charge in [0.1, 0.15) is 6.17 Å². The third-order valence-corrected chi connectivity index (χ3v) is 7.18. The summed E-state index contributed by atoms with van der Waals surface area (Å²) in [4.78, 5) is 0. The van der Waals surface area contributed by atoms with Gasteiger partial charge in [0.15, 0.2) is 0 Å². The van der Waals surface area contributed by atoms with E-state index >= 15 is 0 Å². The van der Waals surface area contributed by atoms with Gasteiger partial charge in [-0.15, -0.1) is 0 Å². The SMILES string of the molecule is CO[Si](C[N+]1(C)CCC(C(C)C)C1)(OC)OC. The highest BCUT2D eigenvalue weighted by atomic mass is 28.4. The Morgan fingerprint density at radius 1 is 1.18 bits per heavy atom. The van der Waals surface area contributed by atoms with Crippen molar-refractivity contribution in [3.05, 3.63) is 0 Å². The predicted octanol–water partition coefficient (Wildman–Crippen LogP) is 1.53. The van der Waals surface area contributed by atoms with Crippen molar-refractivity contribution in [1.82, 2.24) is 0 Å². The fourth-order valence-electron chi connectivity index (χ4n) is 2.83. The van der Waals surface area contributed by atoms with Crippen LogP contribution in [0.3, 0.4) is 0 Å². The molecule has 0 radical (unpaired) electrons. The molecule has 17 heavy (non-hydrogen) atoms. The van der Waals surface area contributed by atoms with Crippen molar-refractivity contribution >= 4 is 8.80 Å². The summed E-state index contributed by atoms with van der Waals surface area (Å²) >= 11 is 0. The lowest BCUT2D eigenvalue weighted by molar-refractivity contribution is -0.891. The maximum Gasteiger partial charge on any atom is 0.558 e. The van der Waals surface area contributed by atoms with E-state index in [1.807, 2.05) is 0 Å². The molecule has 1 aliphatic rings. The number of hydrogen-bond acceptors (Lipinski definition) is 3. The average molecular weight is 262 g/mol. The van der Waals surface area contributed by atoms with Gasteiger partial charge in [-0.25, -0.2) is 0 Å². The predicted molar refractivity (Wildman–Crippen MR) is 70.5 cm³/mol. The van der Waals surface area contributed by atoms with Crippen molar-refractivity contribution in [2.24, 2.45) is 11.8 Å². The van der Waals surface area contributed by atoms with Crippen LogP contribution in [0.4, 0.5) is 0 Å². The number of likely N-dealkylation sites (tertiary alicyclic amines) is 1. The molecule has 0 amide bonds. The van der Waals surface area contributed by atoms with Gasteiger partial charge < -0.3 is 17.8 Å². The van der Waals surface area contributed by atoms with Gasteiger partial charge >= 0.3 is 8.80 Å². The van der Waals surface area contributed by atoms with E-state index in [4.69, 9.17) is 13.3 Å². The summed E-state index contributed by atoms with van der Waals surface area (Å²) in [5.74, 6) is 1.58. The fourth-order valence-corrected chi connectivity index (χ4v) is 4.93. The highest BCUT2D eigenvalue weighted by Crippen LogP contribution is 2.29. The maximum absolute atomic E-state index is 5.54. The Morgan fingerprint density at radius 2 is 1.71 bits per heavy atom. The molecule has 1 rings (SSSR count). The fraction of sp³-hybridized carbons (Fsp3) is 1.00. The van der Waals surface area contributed by atoms with E-state index < -0.39 is 8.80 Å². The van der Waals surface area contributed by atoms with Gasteiger partial charge in [0.2, 0.25) is 0 Å².